The number of anilines is 1. The molecule has 0 heterocycles. The average Bonchev–Trinajstić information content (AvgIpc) is 2.34. The van der Waals surface area contributed by atoms with Gasteiger partial charge in [0.15, 0.2) is 0 Å². The summed E-state index contributed by atoms with van der Waals surface area (Å²) in [5.74, 6) is 5.12. The molecule has 0 unspecified atom stereocenters. The summed E-state index contributed by atoms with van der Waals surface area (Å²) >= 11 is 0. The number of hydrogen-bond acceptors (Lipinski definition) is 3. The van der Waals surface area contributed by atoms with E-state index in [1.54, 1.807) is 24.3 Å². The Hall–Kier alpha value is -1.83. The van der Waals surface area contributed by atoms with Crippen molar-refractivity contribution in [3.8, 4) is 11.8 Å². The van der Waals surface area contributed by atoms with Crippen LogP contribution in [0, 0.1) is 11.8 Å². The van der Waals surface area contributed by atoms with Crippen LogP contribution in [0.25, 0.3) is 0 Å². The predicted octanol–water partition coefficient (Wildman–Crippen LogP) is 1.01. The largest absolute Gasteiger partial charge is 0.384 e. The molecule has 2 N–H and O–H groups in total. The molecule has 4 heteroatoms. The van der Waals surface area contributed by atoms with Gasteiger partial charge in [0, 0.05) is 17.9 Å². The first-order valence-corrected chi connectivity index (χ1v) is 5.33. The van der Waals surface area contributed by atoms with E-state index in [1.165, 1.54) is 0 Å². The van der Waals surface area contributed by atoms with Crippen LogP contribution < -0.4 is 5.32 Å². The molecule has 0 aromatic heterocycles. The second-order valence-corrected chi connectivity index (χ2v) is 3.23. The lowest BCUT2D eigenvalue weighted by Gasteiger charge is -2.05. The van der Waals surface area contributed by atoms with Crippen LogP contribution in [0.2, 0.25) is 0 Å². The van der Waals surface area contributed by atoms with Gasteiger partial charge >= 0.3 is 0 Å². The SMILES string of the molecule is CCOCC(=O)Nc1cccc(C#CCO)c1. The van der Waals surface area contributed by atoms with E-state index in [-0.39, 0.29) is 19.1 Å². The lowest BCUT2D eigenvalue weighted by atomic mass is 10.2. The van der Waals surface area contributed by atoms with Gasteiger partial charge in [-0.2, -0.15) is 0 Å². The molecule has 1 rings (SSSR count). The van der Waals surface area contributed by atoms with Crippen molar-refractivity contribution in [2.24, 2.45) is 0 Å². The highest BCUT2D eigenvalue weighted by Crippen LogP contribution is 2.09. The zero-order valence-electron chi connectivity index (χ0n) is 9.69. The molecule has 0 atom stereocenters. The molecule has 0 bridgehead atoms. The molecule has 0 aliphatic heterocycles. The third-order valence-electron chi connectivity index (χ3n) is 1.90. The van der Waals surface area contributed by atoms with Gasteiger partial charge in [0.05, 0.1) is 0 Å². The molecule has 17 heavy (non-hydrogen) atoms. The van der Waals surface area contributed by atoms with Crippen molar-refractivity contribution in [2.45, 2.75) is 6.92 Å². The van der Waals surface area contributed by atoms with E-state index in [0.717, 1.165) is 5.56 Å². The van der Waals surface area contributed by atoms with E-state index < -0.39 is 0 Å². The molecular formula is C13H15NO3. The van der Waals surface area contributed by atoms with Gasteiger partial charge in [-0.25, -0.2) is 0 Å². The molecule has 4 nitrogen and oxygen atoms in total. The fourth-order valence-electron chi connectivity index (χ4n) is 1.21. The summed E-state index contributed by atoms with van der Waals surface area (Å²) in [6, 6.07) is 7.11. The van der Waals surface area contributed by atoms with Gasteiger partial charge in [0.25, 0.3) is 0 Å². The van der Waals surface area contributed by atoms with Crippen molar-refractivity contribution in [1.82, 2.24) is 0 Å². The van der Waals surface area contributed by atoms with Crippen LogP contribution in [-0.2, 0) is 9.53 Å². The van der Waals surface area contributed by atoms with Gasteiger partial charge in [-0.15, -0.1) is 0 Å². The van der Waals surface area contributed by atoms with Crippen LogP contribution in [0.3, 0.4) is 0 Å². The third-order valence-corrected chi connectivity index (χ3v) is 1.90. The van der Waals surface area contributed by atoms with E-state index in [2.05, 4.69) is 17.2 Å². The Morgan fingerprint density at radius 2 is 2.35 bits per heavy atom. The highest BCUT2D eigenvalue weighted by molar-refractivity contribution is 5.91. The van der Waals surface area contributed by atoms with Crippen molar-refractivity contribution >= 4 is 11.6 Å². The zero-order valence-corrected chi connectivity index (χ0v) is 9.69. The van der Waals surface area contributed by atoms with E-state index >= 15 is 0 Å². The van der Waals surface area contributed by atoms with Crippen LogP contribution in [0.5, 0.6) is 0 Å². The minimum absolute atomic E-state index is 0.0447. The summed E-state index contributed by atoms with van der Waals surface area (Å²) in [6.07, 6.45) is 0. The monoisotopic (exact) mass is 233 g/mol. The molecular weight excluding hydrogens is 218 g/mol. The molecule has 0 saturated carbocycles. The number of benzene rings is 1. The fourth-order valence-corrected chi connectivity index (χ4v) is 1.21. The normalized spacial score (nSPS) is 9.29. The molecule has 1 aromatic carbocycles. The summed E-state index contributed by atoms with van der Waals surface area (Å²) in [6.45, 7) is 2.21. The van der Waals surface area contributed by atoms with Crippen molar-refractivity contribution in [3.63, 3.8) is 0 Å². The number of aliphatic hydroxyl groups excluding tert-OH is 1. The summed E-state index contributed by atoms with van der Waals surface area (Å²) in [4.78, 5) is 11.4. The van der Waals surface area contributed by atoms with E-state index in [4.69, 9.17) is 9.84 Å². The number of ether oxygens (including phenoxy) is 1. The Balaban J connectivity index is 2.62. The Kier molecular flexibility index (Phi) is 5.80. The highest BCUT2D eigenvalue weighted by Gasteiger charge is 2.01. The maximum atomic E-state index is 11.4. The van der Waals surface area contributed by atoms with Crippen molar-refractivity contribution < 1.29 is 14.6 Å². The third kappa shape index (κ3) is 5.16. The molecule has 0 saturated heterocycles. The predicted molar refractivity (Wildman–Crippen MR) is 65.5 cm³/mol. The van der Waals surface area contributed by atoms with E-state index in [1.807, 2.05) is 6.92 Å². The summed E-state index contributed by atoms with van der Waals surface area (Å²) in [5.41, 5.74) is 1.41. The number of hydrogen-bond donors (Lipinski definition) is 2. The maximum absolute atomic E-state index is 11.4. The average molecular weight is 233 g/mol. The fraction of sp³-hybridized carbons (Fsp3) is 0.308. The molecule has 0 aliphatic carbocycles. The first-order valence-electron chi connectivity index (χ1n) is 5.33. The van der Waals surface area contributed by atoms with Gasteiger partial charge in [0.2, 0.25) is 5.91 Å². The Bertz CT molecular complexity index is 432. The van der Waals surface area contributed by atoms with Crippen molar-refractivity contribution in [3.05, 3.63) is 29.8 Å². The maximum Gasteiger partial charge on any atom is 0.250 e. The van der Waals surface area contributed by atoms with Gasteiger partial charge in [0.1, 0.15) is 13.2 Å². The quantitative estimate of drug-likeness (QED) is 0.763. The molecule has 1 amide bonds. The van der Waals surface area contributed by atoms with E-state index in [9.17, 15) is 4.79 Å². The summed E-state index contributed by atoms with van der Waals surface area (Å²) < 4.78 is 4.99. The Morgan fingerprint density at radius 1 is 1.53 bits per heavy atom. The topological polar surface area (TPSA) is 58.6 Å². The van der Waals surface area contributed by atoms with Crippen LogP contribution in [0.15, 0.2) is 24.3 Å². The minimum atomic E-state index is -0.195. The van der Waals surface area contributed by atoms with Crippen LogP contribution in [0.1, 0.15) is 12.5 Å². The van der Waals surface area contributed by atoms with Gasteiger partial charge in [-0.3, -0.25) is 4.79 Å². The Labute approximate surface area is 101 Å². The van der Waals surface area contributed by atoms with Crippen LogP contribution in [-0.4, -0.2) is 30.8 Å². The van der Waals surface area contributed by atoms with Crippen molar-refractivity contribution in [1.29, 1.82) is 0 Å². The van der Waals surface area contributed by atoms with Gasteiger partial charge in [-0.1, -0.05) is 17.9 Å². The zero-order chi connectivity index (χ0) is 12.5. The molecule has 1 aromatic rings. The summed E-state index contributed by atoms with van der Waals surface area (Å²) in [7, 11) is 0. The van der Waals surface area contributed by atoms with Gasteiger partial charge < -0.3 is 15.2 Å². The summed E-state index contributed by atoms with van der Waals surface area (Å²) in [5, 5.41) is 11.3. The van der Waals surface area contributed by atoms with Crippen molar-refractivity contribution in [2.75, 3.05) is 25.1 Å². The molecule has 0 spiro atoms. The second kappa shape index (κ2) is 7.44. The first-order chi connectivity index (χ1) is 8.26. The number of rotatable bonds is 4. The molecule has 0 aliphatic rings. The number of carbonyl (C=O) groups is 1. The first kappa shape index (κ1) is 13.2. The smallest absolute Gasteiger partial charge is 0.250 e. The standard InChI is InChI=1S/C13H15NO3/c1-2-17-10-13(16)14-12-7-3-5-11(9-12)6-4-8-15/h3,5,7,9,15H,2,8,10H2,1H3,(H,14,16). The minimum Gasteiger partial charge on any atom is -0.384 e. The Morgan fingerprint density at radius 3 is 3.06 bits per heavy atom. The van der Waals surface area contributed by atoms with E-state index in [0.29, 0.717) is 12.3 Å². The second-order valence-electron chi connectivity index (χ2n) is 3.23. The van der Waals surface area contributed by atoms with Gasteiger partial charge in [-0.05, 0) is 25.1 Å². The highest BCUT2D eigenvalue weighted by atomic mass is 16.5. The lowest BCUT2D eigenvalue weighted by molar-refractivity contribution is -0.120. The number of aliphatic hydroxyl groups is 1. The lowest BCUT2D eigenvalue weighted by Crippen LogP contribution is -2.18. The molecule has 0 fully saturated rings. The molecule has 0 radical (unpaired) electrons. The van der Waals surface area contributed by atoms with Crippen LogP contribution >= 0.6 is 0 Å². The number of amides is 1. The van der Waals surface area contributed by atoms with Crippen LogP contribution in [0.4, 0.5) is 5.69 Å². The number of carbonyl (C=O) groups excluding carboxylic acids is 1. The number of nitrogens with one attached hydrogen (secondary N) is 1. The molecule has 90 valence electrons.